The molecule has 1 fully saturated rings. The monoisotopic (exact) mass is 392 g/mol. The van der Waals surface area contributed by atoms with Crippen LogP contribution in [0.5, 0.6) is 0 Å². The Bertz CT molecular complexity index is 833. The van der Waals surface area contributed by atoms with E-state index in [0.717, 1.165) is 11.6 Å². The number of aromatic amines is 1. The first-order valence-electron chi connectivity index (χ1n) is 9.30. The van der Waals surface area contributed by atoms with Crippen molar-refractivity contribution < 1.29 is 22.9 Å². The Morgan fingerprint density at radius 3 is 2.11 bits per heavy atom. The molecule has 0 unspecified atom stereocenters. The lowest BCUT2D eigenvalue weighted by Gasteiger charge is -2.32. The fraction of sp³-hybridized carbons (Fsp3) is 0.429. The summed E-state index contributed by atoms with van der Waals surface area (Å²) in [6.07, 6.45) is -2.94. The van der Waals surface area contributed by atoms with Gasteiger partial charge in [-0.05, 0) is 35.2 Å². The first-order chi connectivity index (χ1) is 13.1. The quantitative estimate of drug-likeness (QED) is 0.780. The van der Waals surface area contributed by atoms with Gasteiger partial charge in [-0.1, -0.05) is 32.9 Å². The van der Waals surface area contributed by atoms with Crippen LogP contribution in [-0.4, -0.2) is 37.0 Å². The summed E-state index contributed by atoms with van der Waals surface area (Å²) in [6, 6.07) is 9.97. The minimum absolute atomic E-state index is 0.00950. The number of hydrogen-bond acceptors (Lipinski definition) is 2. The Balaban J connectivity index is 1.68. The fourth-order valence-corrected chi connectivity index (χ4v) is 3.35. The summed E-state index contributed by atoms with van der Waals surface area (Å²) in [5, 5.41) is 0. The van der Waals surface area contributed by atoms with Crippen LogP contribution in [0.15, 0.2) is 42.6 Å². The van der Waals surface area contributed by atoms with Gasteiger partial charge in [0.25, 0.3) is 11.7 Å². The second-order valence-corrected chi connectivity index (χ2v) is 8.04. The Hall–Kier alpha value is -2.57. The van der Waals surface area contributed by atoms with E-state index in [2.05, 4.69) is 25.8 Å². The average molecular weight is 392 g/mol. The molecule has 7 heteroatoms. The van der Waals surface area contributed by atoms with Crippen molar-refractivity contribution in [3.05, 3.63) is 59.3 Å². The van der Waals surface area contributed by atoms with Crippen molar-refractivity contribution in [1.82, 2.24) is 4.90 Å². The number of nitrogens with one attached hydrogen (secondary N) is 1. The zero-order chi connectivity index (χ0) is 20.5. The third-order valence-corrected chi connectivity index (χ3v) is 5.02. The van der Waals surface area contributed by atoms with Crippen molar-refractivity contribution in [3.63, 3.8) is 0 Å². The number of benzene rings is 1. The van der Waals surface area contributed by atoms with E-state index in [9.17, 15) is 18.0 Å². The second-order valence-electron chi connectivity index (χ2n) is 8.04. The molecular formula is C21H25F3N3O+. The number of H-pyrrole nitrogens is 1. The zero-order valence-electron chi connectivity index (χ0n) is 16.3. The van der Waals surface area contributed by atoms with Gasteiger partial charge in [0.05, 0.1) is 19.3 Å². The molecule has 0 aliphatic carbocycles. The van der Waals surface area contributed by atoms with Crippen LogP contribution in [0, 0.1) is 0 Å². The molecule has 1 saturated heterocycles. The highest BCUT2D eigenvalue weighted by atomic mass is 19.4. The number of anilines is 1. The molecule has 150 valence electrons. The summed E-state index contributed by atoms with van der Waals surface area (Å²) in [7, 11) is 0. The average Bonchev–Trinajstić information content (AvgIpc) is 2.66. The summed E-state index contributed by atoms with van der Waals surface area (Å²) in [6.45, 7) is 7.77. The maximum absolute atomic E-state index is 13.2. The predicted octanol–water partition coefficient (Wildman–Crippen LogP) is 3.78. The normalized spacial score (nSPS) is 15.6. The zero-order valence-corrected chi connectivity index (χ0v) is 16.3. The summed E-state index contributed by atoms with van der Waals surface area (Å²) in [5.74, 6) is -0.0372. The number of nitrogens with zero attached hydrogens (tertiary/aromatic N) is 2. The number of amides is 1. The highest BCUT2D eigenvalue weighted by Crippen LogP contribution is 2.34. The Kier molecular flexibility index (Phi) is 5.37. The highest BCUT2D eigenvalue weighted by Gasteiger charge is 2.40. The summed E-state index contributed by atoms with van der Waals surface area (Å²) in [4.78, 5) is 18.8. The Morgan fingerprint density at radius 2 is 1.57 bits per heavy atom. The maximum Gasteiger partial charge on any atom is 0.424 e. The molecule has 2 aromatic rings. The number of rotatable bonds is 2. The van der Waals surface area contributed by atoms with Gasteiger partial charge in [-0.3, -0.25) is 9.69 Å². The number of halogens is 3. The number of hydrogen-bond donors (Lipinski definition) is 0. The SMILES string of the molecule is CC(C)(C)c1ccc(C(=O)N2CCN(c3[nH+]cccc3C(F)(F)F)CC2)cc1. The van der Waals surface area contributed by atoms with Gasteiger partial charge in [0, 0.05) is 5.56 Å². The van der Waals surface area contributed by atoms with Crippen molar-refractivity contribution in [3.8, 4) is 0 Å². The van der Waals surface area contributed by atoms with Crippen molar-refractivity contribution in [2.24, 2.45) is 0 Å². The van der Waals surface area contributed by atoms with E-state index in [1.807, 2.05) is 24.3 Å². The molecule has 1 N–H and O–H groups in total. The molecule has 0 radical (unpaired) electrons. The molecule has 0 bridgehead atoms. The standard InChI is InChI=1S/C21H24F3N3O/c1-20(2,3)16-8-6-15(7-9-16)19(28)27-13-11-26(12-14-27)18-17(21(22,23)24)5-4-10-25-18/h4-10H,11-14H2,1-3H3/p+1. The third kappa shape index (κ3) is 4.29. The molecule has 1 aliphatic heterocycles. The van der Waals surface area contributed by atoms with E-state index in [0.29, 0.717) is 31.7 Å². The van der Waals surface area contributed by atoms with Crippen LogP contribution in [0.3, 0.4) is 0 Å². The van der Waals surface area contributed by atoms with Gasteiger partial charge in [0.15, 0.2) is 0 Å². The third-order valence-electron chi connectivity index (χ3n) is 5.02. The van der Waals surface area contributed by atoms with Crippen molar-refractivity contribution in [2.45, 2.75) is 32.4 Å². The van der Waals surface area contributed by atoms with Gasteiger partial charge in [-0.15, -0.1) is 0 Å². The van der Waals surface area contributed by atoms with Crippen LogP contribution in [-0.2, 0) is 11.6 Å². The van der Waals surface area contributed by atoms with Crippen molar-refractivity contribution >= 4 is 11.7 Å². The number of pyridine rings is 1. The lowest BCUT2D eigenvalue weighted by atomic mass is 9.86. The van der Waals surface area contributed by atoms with Crippen LogP contribution >= 0.6 is 0 Å². The largest absolute Gasteiger partial charge is 0.424 e. The molecule has 2 heterocycles. The summed E-state index contributed by atoms with van der Waals surface area (Å²) >= 11 is 0. The summed E-state index contributed by atoms with van der Waals surface area (Å²) in [5.41, 5.74) is 1.07. The molecular weight excluding hydrogens is 367 g/mol. The molecule has 0 atom stereocenters. The Morgan fingerprint density at radius 1 is 0.964 bits per heavy atom. The lowest BCUT2D eigenvalue weighted by molar-refractivity contribution is -0.367. The van der Waals surface area contributed by atoms with Gasteiger partial charge < -0.3 is 4.90 Å². The fourth-order valence-electron chi connectivity index (χ4n) is 3.35. The molecule has 4 nitrogen and oxygen atoms in total. The molecule has 1 aliphatic rings. The molecule has 1 amide bonds. The Labute approximate surface area is 163 Å². The van der Waals surface area contributed by atoms with Crippen LogP contribution in [0.1, 0.15) is 42.3 Å². The number of carbonyl (C=O) groups excluding carboxylic acids is 1. The van der Waals surface area contributed by atoms with Gasteiger partial charge in [-0.25, -0.2) is 4.98 Å². The predicted molar refractivity (Wildman–Crippen MR) is 101 cm³/mol. The number of carbonyl (C=O) groups is 1. The van der Waals surface area contributed by atoms with E-state index in [-0.39, 0.29) is 17.1 Å². The lowest BCUT2D eigenvalue weighted by Crippen LogP contribution is -2.50. The van der Waals surface area contributed by atoms with Crippen molar-refractivity contribution in [1.29, 1.82) is 0 Å². The van der Waals surface area contributed by atoms with Crippen LogP contribution in [0.25, 0.3) is 0 Å². The van der Waals surface area contributed by atoms with Gasteiger partial charge in [0.1, 0.15) is 18.7 Å². The van der Waals surface area contributed by atoms with Gasteiger partial charge in [0.2, 0.25) is 0 Å². The number of aromatic nitrogens is 1. The minimum atomic E-state index is -4.42. The second kappa shape index (κ2) is 7.45. The van der Waals surface area contributed by atoms with Gasteiger partial charge >= 0.3 is 6.18 Å². The maximum atomic E-state index is 13.2. The van der Waals surface area contributed by atoms with Crippen LogP contribution in [0.4, 0.5) is 19.0 Å². The molecule has 0 saturated carbocycles. The first kappa shape index (κ1) is 20.2. The molecule has 28 heavy (non-hydrogen) atoms. The number of piperazine rings is 1. The molecule has 3 rings (SSSR count). The highest BCUT2D eigenvalue weighted by molar-refractivity contribution is 5.94. The molecule has 1 aromatic carbocycles. The smallest absolute Gasteiger partial charge is 0.331 e. The van der Waals surface area contributed by atoms with Gasteiger partial charge in [-0.2, -0.15) is 13.2 Å². The van der Waals surface area contributed by atoms with E-state index in [4.69, 9.17) is 0 Å². The molecule has 0 spiro atoms. The van der Waals surface area contributed by atoms with E-state index < -0.39 is 11.7 Å². The van der Waals surface area contributed by atoms with Crippen molar-refractivity contribution in [2.75, 3.05) is 31.1 Å². The molecule has 1 aromatic heterocycles. The topological polar surface area (TPSA) is 37.7 Å². The minimum Gasteiger partial charge on any atom is -0.331 e. The number of alkyl halides is 3. The van der Waals surface area contributed by atoms with Crippen LogP contribution in [0.2, 0.25) is 0 Å². The first-order valence-corrected chi connectivity index (χ1v) is 9.30. The van der Waals surface area contributed by atoms with E-state index >= 15 is 0 Å². The van der Waals surface area contributed by atoms with Crippen LogP contribution < -0.4 is 9.88 Å². The summed E-state index contributed by atoms with van der Waals surface area (Å²) < 4.78 is 39.7. The van der Waals surface area contributed by atoms with E-state index in [1.54, 1.807) is 9.80 Å². The van der Waals surface area contributed by atoms with E-state index in [1.165, 1.54) is 12.3 Å².